The Morgan fingerprint density at radius 3 is 3.15 bits per heavy atom. The van der Waals surface area contributed by atoms with Crippen molar-refractivity contribution in [1.82, 2.24) is 14.9 Å². The molecule has 1 aliphatic heterocycles. The van der Waals surface area contributed by atoms with E-state index < -0.39 is 0 Å². The van der Waals surface area contributed by atoms with E-state index in [1.807, 2.05) is 29.3 Å². The number of hydrogen-bond donors (Lipinski definition) is 0. The molecule has 3 rings (SSSR count). The number of carbonyl (C=O) groups is 1. The van der Waals surface area contributed by atoms with Crippen LogP contribution in [0.25, 0.3) is 0 Å². The molecule has 0 saturated carbocycles. The summed E-state index contributed by atoms with van der Waals surface area (Å²) in [6, 6.07) is 5.96. The molecule has 1 saturated heterocycles. The van der Waals surface area contributed by atoms with Gasteiger partial charge in [0.2, 0.25) is 5.76 Å². The summed E-state index contributed by atoms with van der Waals surface area (Å²) < 4.78 is 5.09. The highest BCUT2D eigenvalue weighted by Crippen LogP contribution is 2.21. The summed E-state index contributed by atoms with van der Waals surface area (Å²) in [5.74, 6) is 0.724. The lowest BCUT2D eigenvalue weighted by atomic mass is 9.93. The zero-order chi connectivity index (χ0) is 13.8. The molecule has 1 unspecified atom stereocenters. The third-order valence-corrected chi connectivity index (χ3v) is 3.67. The van der Waals surface area contributed by atoms with Crippen molar-refractivity contribution in [2.75, 3.05) is 13.1 Å². The summed E-state index contributed by atoms with van der Waals surface area (Å²) in [5, 5.41) is 0. The highest BCUT2D eigenvalue weighted by atomic mass is 16.3. The highest BCUT2D eigenvalue weighted by molar-refractivity contribution is 5.91. The molecule has 1 aliphatic rings. The minimum absolute atomic E-state index is 0.0618. The van der Waals surface area contributed by atoms with Gasteiger partial charge in [-0.2, -0.15) is 0 Å². The molecular weight excluding hydrogens is 254 g/mol. The van der Waals surface area contributed by atoms with Crippen LogP contribution in [-0.2, 0) is 6.42 Å². The number of piperidine rings is 1. The summed E-state index contributed by atoms with van der Waals surface area (Å²) in [4.78, 5) is 22.3. The van der Waals surface area contributed by atoms with Crippen molar-refractivity contribution in [1.29, 1.82) is 0 Å². The number of nitrogens with zero attached hydrogens (tertiary/aromatic N) is 3. The Morgan fingerprint density at radius 2 is 2.40 bits per heavy atom. The van der Waals surface area contributed by atoms with Gasteiger partial charge in [-0.1, -0.05) is 6.07 Å². The van der Waals surface area contributed by atoms with Crippen LogP contribution in [0.3, 0.4) is 0 Å². The van der Waals surface area contributed by atoms with Gasteiger partial charge in [0.15, 0.2) is 6.39 Å². The normalized spacial score (nSPS) is 19.0. The minimum Gasteiger partial charge on any atom is -0.438 e. The molecule has 0 aliphatic carbocycles. The Morgan fingerprint density at radius 1 is 1.45 bits per heavy atom. The van der Waals surface area contributed by atoms with Gasteiger partial charge in [0, 0.05) is 25.0 Å². The quantitative estimate of drug-likeness (QED) is 0.858. The fourth-order valence-electron chi connectivity index (χ4n) is 2.71. The first-order valence-corrected chi connectivity index (χ1v) is 6.90. The van der Waals surface area contributed by atoms with E-state index in [2.05, 4.69) is 9.97 Å². The zero-order valence-electron chi connectivity index (χ0n) is 11.2. The fraction of sp³-hybridized carbons (Fsp3) is 0.400. The van der Waals surface area contributed by atoms with Gasteiger partial charge in [0.1, 0.15) is 0 Å². The van der Waals surface area contributed by atoms with Crippen LogP contribution in [0.5, 0.6) is 0 Å². The van der Waals surface area contributed by atoms with Crippen molar-refractivity contribution < 1.29 is 9.21 Å². The van der Waals surface area contributed by atoms with E-state index in [-0.39, 0.29) is 5.91 Å². The second-order valence-electron chi connectivity index (χ2n) is 5.15. The Labute approximate surface area is 117 Å². The van der Waals surface area contributed by atoms with Crippen LogP contribution in [0, 0.1) is 5.92 Å². The predicted octanol–water partition coefficient (Wildman–Crippen LogP) is 2.16. The molecule has 1 amide bonds. The molecule has 0 aromatic carbocycles. The number of likely N-dealkylation sites (tertiary alicyclic amines) is 1. The fourth-order valence-corrected chi connectivity index (χ4v) is 2.71. The van der Waals surface area contributed by atoms with Gasteiger partial charge in [-0.25, -0.2) is 4.98 Å². The van der Waals surface area contributed by atoms with Crippen molar-refractivity contribution in [2.24, 2.45) is 5.92 Å². The standard InChI is InChI=1S/C15H17N3O2/c19-15(14-9-16-11-20-14)18-7-3-4-12(10-18)8-13-5-1-2-6-17-13/h1-2,5-6,9,11-12H,3-4,7-8,10H2. The molecule has 0 bridgehead atoms. The number of aromatic nitrogens is 2. The lowest BCUT2D eigenvalue weighted by Crippen LogP contribution is -2.40. The first kappa shape index (κ1) is 12.8. The van der Waals surface area contributed by atoms with Gasteiger partial charge in [0.05, 0.1) is 6.20 Å². The van der Waals surface area contributed by atoms with Gasteiger partial charge in [-0.15, -0.1) is 0 Å². The predicted molar refractivity (Wildman–Crippen MR) is 73.1 cm³/mol. The van der Waals surface area contributed by atoms with Crippen LogP contribution in [-0.4, -0.2) is 33.9 Å². The van der Waals surface area contributed by atoms with Crippen LogP contribution in [0.4, 0.5) is 0 Å². The molecule has 0 radical (unpaired) electrons. The van der Waals surface area contributed by atoms with E-state index in [9.17, 15) is 4.79 Å². The minimum atomic E-state index is -0.0618. The molecule has 0 N–H and O–H groups in total. The van der Waals surface area contributed by atoms with Crippen LogP contribution in [0.15, 0.2) is 41.4 Å². The summed E-state index contributed by atoms with van der Waals surface area (Å²) in [5.41, 5.74) is 1.09. The number of oxazole rings is 1. The first-order valence-electron chi connectivity index (χ1n) is 6.90. The number of hydrogen-bond acceptors (Lipinski definition) is 4. The topological polar surface area (TPSA) is 59.2 Å². The molecule has 1 fully saturated rings. The average molecular weight is 271 g/mol. The zero-order valence-corrected chi connectivity index (χ0v) is 11.2. The van der Waals surface area contributed by atoms with Crippen molar-refractivity contribution >= 4 is 5.91 Å². The van der Waals surface area contributed by atoms with E-state index in [4.69, 9.17) is 4.42 Å². The van der Waals surface area contributed by atoms with Crippen LogP contribution >= 0.6 is 0 Å². The lowest BCUT2D eigenvalue weighted by molar-refractivity contribution is 0.0640. The summed E-state index contributed by atoms with van der Waals surface area (Å²) in [6.45, 7) is 1.55. The average Bonchev–Trinajstić information content (AvgIpc) is 3.02. The molecule has 1 atom stereocenters. The Hall–Kier alpha value is -2.17. The van der Waals surface area contributed by atoms with Gasteiger partial charge < -0.3 is 9.32 Å². The van der Waals surface area contributed by atoms with Gasteiger partial charge in [-0.3, -0.25) is 9.78 Å². The summed E-state index contributed by atoms with van der Waals surface area (Å²) in [7, 11) is 0. The number of pyridine rings is 1. The largest absolute Gasteiger partial charge is 0.438 e. The number of rotatable bonds is 3. The molecule has 104 valence electrons. The van der Waals surface area contributed by atoms with Crippen LogP contribution in [0.2, 0.25) is 0 Å². The summed E-state index contributed by atoms with van der Waals surface area (Å²) >= 11 is 0. The maximum Gasteiger partial charge on any atom is 0.291 e. The molecule has 2 aromatic heterocycles. The monoisotopic (exact) mass is 271 g/mol. The van der Waals surface area contributed by atoms with Gasteiger partial charge in [-0.05, 0) is 37.3 Å². The lowest BCUT2D eigenvalue weighted by Gasteiger charge is -2.32. The van der Waals surface area contributed by atoms with E-state index >= 15 is 0 Å². The molecular formula is C15H17N3O2. The molecule has 5 heteroatoms. The second kappa shape index (κ2) is 5.86. The van der Waals surface area contributed by atoms with E-state index in [0.717, 1.165) is 38.0 Å². The Balaban J connectivity index is 1.63. The smallest absolute Gasteiger partial charge is 0.291 e. The highest BCUT2D eigenvalue weighted by Gasteiger charge is 2.26. The van der Waals surface area contributed by atoms with Crippen LogP contribution in [0.1, 0.15) is 29.1 Å². The van der Waals surface area contributed by atoms with Crippen molar-refractivity contribution in [3.63, 3.8) is 0 Å². The summed E-state index contributed by atoms with van der Waals surface area (Å²) in [6.07, 6.45) is 7.66. The molecule has 20 heavy (non-hydrogen) atoms. The van der Waals surface area contributed by atoms with Crippen molar-refractivity contribution in [3.8, 4) is 0 Å². The van der Waals surface area contributed by atoms with E-state index in [0.29, 0.717) is 11.7 Å². The Kier molecular flexibility index (Phi) is 3.76. The number of carbonyl (C=O) groups excluding carboxylic acids is 1. The molecule has 5 nitrogen and oxygen atoms in total. The van der Waals surface area contributed by atoms with E-state index in [1.165, 1.54) is 12.6 Å². The second-order valence-corrected chi connectivity index (χ2v) is 5.15. The maximum absolute atomic E-state index is 12.2. The Bertz CT molecular complexity index is 554. The van der Waals surface area contributed by atoms with Crippen molar-refractivity contribution in [2.45, 2.75) is 19.3 Å². The maximum atomic E-state index is 12.2. The SMILES string of the molecule is O=C(c1cnco1)N1CCCC(Cc2ccccn2)C1. The third-order valence-electron chi connectivity index (χ3n) is 3.67. The van der Waals surface area contributed by atoms with Crippen molar-refractivity contribution in [3.05, 3.63) is 48.4 Å². The van der Waals surface area contributed by atoms with E-state index in [1.54, 1.807) is 0 Å². The van der Waals surface area contributed by atoms with Gasteiger partial charge in [0.25, 0.3) is 5.91 Å². The third kappa shape index (κ3) is 2.87. The molecule has 2 aromatic rings. The van der Waals surface area contributed by atoms with Gasteiger partial charge >= 0.3 is 0 Å². The molecule has 0 spiro atoms. The van der Waals surface area contributed by atoms with Crippen LogP contribution < -0.4 is 0 Å². The first-order chi connectivity index (χ1) is 9.83. The number of amides is 1. The molecule has 3 heterocycles.